The first-order chi connectivity index (χ1) is 9.85. The minimum atomic E-state index is 0.437. The second-order valence-electron chi connectivity index (χ2n) is 5.00. The number of nitrogens with zero attached hydrogens (tertiary/aromatic N) is 4. The largest absolute Gasteiger partial charge is 0.370 e. The third-order valence-corrected chi connectivity index (χ3v) is 3.51. The first-order valence-electron chi connectivity index (χ1n) is 7.01. The van der Waals surface area contributed by atoms with Crippen molar-refractivity contribution in [3.63, 3.8) is 0 Å². The van der Waals surface area contributed by atoms with E-state index in [4.69, 9.17) is 5.26 Å². The van der Waals surface area contributed by atoms with E-state index < -0.39 is 0 Å². The summed E-state index contributed by atoms with van der Waals surface area (Å²) >= 11 is 0. The van der Waals surface area contributed by atoms with Crippen molar-refractivity contribution in [2.24, 2.45) is 0 Å². The molecule has 3 rings (SSSR count). The van der Waals surface area contributed by atoms with Gasteiger partial charge in [0.15, 0.2) is 0 Å². The zero-order valence-corrected chi connectivity index (χ0v) is 11.3. The summed E-state index contributed by atoms with van der Waals surface area (Å²) in [6, 6.07) is 7.46. The lowest BCUT2D eigenvalue weighted by atomic mass is 10.2. The molecule has 5 heteroatoms. The van der Waals surface area contributed by atoms with Gasteiger partial charge in [0, 0.05) is 32.1 Å². The Labute approximate surface area is 118 Å². The first kappa shape index (κ1) is 12.7. The predicted molar refractivity (Wildman–Crippen MR) is 76.3 cm³/mol. The molecule has 0 fully saturated rings. The van der Waals surface area contributed by atoms with Crippen LogP contribution in [0.15, 0.2) is 24.4 Å². The van der Waals surface area contributed by atoms with Crippen molar-refractivity contribution in [3.05, 3.63) is 41.6 Å². The molecular formula is C15H17N5. The molecule has 0 unspecified atom stereocenters. The zero-order valence-electron chi connectivity index (χ0n) is 11.3. The summed E-state index contributed by atoms with van der Waals surface area (Å²) in [6.07, 6.45) is 6.64. The molecule has 102 valence electrons. The zero-order chi connectivity index (χ0) is 13.8. The molecule has 2 aromatic rings. The van der Waals surface area contributed by atoms with Gasteiger partial charge in [-0.2, -0.15) is 5.26 Å². The van der Waals surface area contributed by atoms with Gasteiger partial charge >= 0.3 is 0 Å². The molecule has 1 N–H and O–H groups in total. The topological polar surface area (TPSA) is 66.5 Å². The van der Waals surface area contributed by atoms with Gasteiger partial charge in [0.25, 0.3) is 0 Å². The quantitative estimate of drug-likeness (QED) is 0.921. The van der Waals surface area contributed by atoms with Gasteiger partial charge in [0.05, 0.1) is 5.69 Å². The van der Waals surface area contributed by atoms with Crippen LogP contribution in [0.5, 0.6) is 0 Å². The van der Waals surface area contributed by atoms with E-state index in [0.29, 0.717) is 5.69 Å². The van der Waals surface area contributed by atoms with Crippen molar-refractivity contribution in [1.29, 1.82) is 5.26 Å². The van der Waals surface area contributed by atoms with Crippen LogP contribution < -0.4 is 5.32 Å². The minimum absolute atomic E-state index is 0.437. The highest BCUT2D eigenvalue weighted by atomic mass is 15.1. The summed E-state index contributed by atoms with van der Waals surface area (Å²) in [4.78, 5) is 8.86. The van der Waals surface area contributed by atoms with Crippen LogP contribution in [0.4, 0.5) is 5.82 Å². The fourth-order valence-electron chi connectivity index (χ4n) is 2.51. The van der Waals surface area contributed by atoms with E-state index in [0.717, 1.165) is 37.4 Å². The number of nitrogens with one attached hydrogen (secondary N) is 1. The highest BCUT2D eigenvalue weighted by Crippen LogP contribution is 2.14. The van der Waals surface area contributed by atoms with E-state index in [-0.39, 0.29) is 0 Å². The van der Waals surface area contributed by atoms with Gasteiger partial charge in [-0.15, -0.1) is 0 Å². The molecule has 0 radical (unpaired) electrons. The standard InChI is InChI=1S/C15H17N5/c16-10-12-4-3-5-14(18-12)17-8-7-13-11-20-9-2-1-6-15(20)19-13/h3-5,11H,1-2,6-9H2,(H,17,18). The summed E-state index contributed by atoms with van der Waals surface area (Å²) in [6.45, 7) is 1.87. The molecule has 0 aromatic carbocycles. The number of hydrogen-bond donors (Lipinski definition) is 1. The second-order valence-corrected chi connectivity index (χ2v) is 5.00. The molecule has 0 atom stereocenters. The average molecular weight is 267 g/mol. The Hall–Kier alpha value is -2.35. The normalized spacial score (nSPS) is 13.6. The lowest BCUT2D eigenvalue weighted by molar-refractivity contribution is 0.522. The summed E-state index contributed by atoms with van der Waals surface area (Å²) in [5.74, 6) is 1.96. The lowest BCUT2D eigenvalue weighted by Gasteiger charge is -2.11. The Kier molecular flexibility index (Phi) is 3.64. The number of hydrogen-bond acceptors (Lipinski definition) is 4. The van der Waals surface area contributed by atoms with Gasteiger partial charge in [-0.3, -0.25) is 0 Å². The van der Waals surface area contributed by atoms with Crippen molar-refractivity contribution >= 4 is 5.82 Å². The number of aromatic nitrogens is 3. The number of anilines is 1. The van der Waals surface area contributed by atoms with E-state index >= 15 is 0 Å². The Morgan fingerprint density at radius 3 is 3.10 bits per heavy atom. The molecule has 3 heterocycles. The summed E-state index contributed by atoms with van der Waals surface area (Å²) in [5.41, 5.74) is 1.57. The Bertz CT molecular complexity index is 614. The minimum Gasteiger partial charge on any atom is -0.370 e. The van der Waals surface area contributed by atoms with Gasteiger partial charge in [0.2, 0.25) is 0 Å². The van der Waals surface area contributed by atoms with E-state index in [9.17, 15) is 0 Å². The van der Waals surface area contributed by atoms with Crippen LogP contribution in [0.3, 0.4) is 0 Å². The molecule has 0 saturated heterocycles. The molecule has 0 amide bonds. The number of nitriles is 1. The number of pyridine rings is 1. The molecule has 1 aliphatic rings. The van der Waals surface area contributed by atoms with E-state index in [1.54, 1.807) is 6.07 Å². The maximum absolute atomic E-state index is 8.81. The van der Waals surface area contributed by atoms with Crippen LogP contribution in [0.2, 0.25) is 0 Å². The molecule has 2 aromatic heterocycles. The van der Waals surface area contributed by atoms with Gasteiger partial charge in [-0.1, -0.05) is 6.07 Å². The molecular weight excluding hydrogens is 250 g/mol. The van der Waals surface area contributed by atoms with E-state index in [1.807, 2.05) is 18.2 Å². The van der Waals surface area contributed by atoms with Gasteiger partial charge in [0.1, 0.15) is 23.4 Å². The maximum atomic E-state index is 8.81. The van der Waals surface area contributed by atoms with Crippen LogP contribution in [-0.2, 0) is 19.4 Å². The van der Waals surface area contributed by atoms with Crippen molar-refractivity contribution in [1.82, 2.24) is 14.5 Å². The second kappa shape index (κ2) is 5.74. The maximum Gasteiger partial charge on any atom is 0.142 e. The third kappa shape index (κ3) is 2.80. The van der Waals surface area contributed by atoms with Crippen LogP contribution >= 0.6 is 0 Å². The van der Waals surface area contributed by atoms with E-state index in [1.165, 1.54) is 18.7 Å². The van der Waals surface area contributed by atoms with Gasteiger partial charge in [-0.25, -0.2) is 9.97 Å². The fraction of sp³-hybridized carbons (Fsp3) is 0.400. The van der Waals surface area contributed by atoms with Crippen LogP contribution in [0, 0.1) is 11.3 Å². The molecule has 0 saturated carbocycles. The van der Waals surface area contributed by atoms with Crippen molar-refractivity contribution in [2.45, 2.75) is 32.2 Å². The first-order valence-corrected chi connectivity index (χ1v) is 7.01. The summed E-state index contributed by atoms with van der Waals surface area (Å²) < 4.78 is 2.27. The average Bonchev–Trinajstić information content (AvgIpc) is 2.90. The van der Waals surface area contributed by atoms with Gasteiger partial charge < -0.3 is 9.88 Å². The Balaban J connectivity index is 1.57. The van der Waals surface area contributed by atoms with Crippen LogP contribution in [0.25, 0.3) is 0 Å². The molecule has 0 aliphatic carbocycles. The molecule has 1 aliphatic heterocycles. The fourth-order valence-corrected chi connectivity index (χ4v) is 2.51. The van der Waals surface area contributed by atoms with Crippen LogP contribution in [-0.4, -0.2) is 21.1 Å². The summed E-state index contributed by atoms with van der Waals surface area (Å²) in [5, 5.41) is 12.0. The highest BCUT2D eigenvalue weighted by molar-refractivity contribution is 5.38. The van der Waals surface area contributed by atoms with Gasteiger partial charge in [-0.05, 0) is 25.0 Å². The lowest BCUT2D eigenvalue weighted by Crippen LogP contribution is -2.08. The molecule has 5 nitrogen and oxygen atoms in total. The number of aryl methyl sites for hydroxylation is 2. The smallest absolute Gasteiger partial charge is 0.142 e. The van der Waals surface area contributed by atoms with Crippen molar-refractivity contribution in [3.8, 4) is 6.07 Å². The Morgan fingerprint density at radius 2 is 2.25 bits per heavy atom. The van der Waals surface area contributed by atoms with Crippen molar-refractivity contribution < 1.29 is 0 Å². The monoisotopic (exact) mass is 267 g/mol. The number of rotatable bonds is 4. The molecule has 0 spiro atoms. The predicted octanol–water partition coefficient (Wildman–Crippen LogP) is 2.14. The Morgan fingerprint density at radius 1 is 1.30 bits per heavy atom. The SMILES string of the molecule is N#Cc1cccc(NCCc2cn3c(n2)CCCC3)n1. The third-order valence-electron chi connectivity index (χ3n) is 3.51. The molecule has 0 bridgehead atoms. The van der Waals surface area contributed by atoms with E-state index in [2.05, 4.69) is 26.0 Å². The molecule has 20 heavy (non-hydrogen) atoms. The number of fused-ring (bicyclic) bond motifs is 1. The summed E-state index contributed by atoms with van der Waals surface area (Å²) in [7, 11) is 0. The van der Waals surface area contributed by atoms with Crippen molar-refractivity contribution in [2.75, 3.05) is 11.9 Å². The van der Waals surface area contributed by atoms with Crippen LogP contribution in [0.1, 0.15) is 30.1 Å². The highest BCUT2D eigenvalue weighted by Gasteiger charge is 2.11. The number of imidazole rings is 1.